The highest BCUT2D eigenvalue weighted by Crippen LogP contribution is 2.17. The van der Waals surface area contributed by atoms with Gasteiger partial charge in [-0.3, -0.25) is 0 Å². The maximum absolute atomic E-state index is 3.58. The van der Waals surface area contributed by atoms with E-state index in [1.165, 1.54) is 43.4 Å². The molecule has 0 radical (unpaired) electrons. The van der Waals surface area contributed by atoms with Gasteiger partial charge in [0.2, 0.25) is 0 Å². The third kappa shape index (κ3) is 3.82. The summed E-state index contributed by atoms with van der Waals surface area (Å²) in [5.41, 5.74) is 2.81. The predicted molar refractivity (Wildman–Crippen MR) is 77.8 cm³/mol. The van der Waals surface area contributed by atoms with Gasteiger partial charge in [-0.05, 0) is 57.5 Å². The Labute approximate surface area is 111 Å². The molecule has 1 saturated heterocycles. The quantitative estimate of drug-likeness (QED) is 0.804. The zero-order chi connectivity index (χ0) is 12.8. The van der Waals surface area contributed by atoms with Crippen LogP contribution in [0, 0.1) is 6.92 Å². The number of hydrogen-bond acceptors (Lipinski definition) is 2. The molecular weight excluding hydrogens is 220 g/mol. The van der Waals surface area contributed by atoms with Crippen molar-refractivity contribution in [1.29, 1.82) is 0 Å². The average molecular weight is 246 g/mol. The van der Waals surface area contributed by atoms with Crippen molar-refractivity contribution in [2.24, 2.45) is 0 Å². The SMILES string of the molecule is Cc1ccccc1CNCCC1CCCCN1C. The van der Waals surface area contributed by atoms with Gasteiger partial charge in [0.1, 0.15) is 0 Å². The Kier molecular flexibility index (Phi) is 5.21. The molecule has 2 nitrogen and oxygen atoms in total. The van der Waals surface area contributed by atoms with Crippen LogP contribution in [-0.2, 0) is 6.54 Å². The monoisotopic (exact) mass is 246 g/mol. The first kappa shape index (κ1) is 13.6. The molecule has 0 amide bonds. The molecule has 18 heavy (non-hydrogen) atoms. The van der Waals surface area contributed by atoms with Gasteiger partial charge in [-0.2, -0.15) is 0 Å². The number of nitrogens with zero attached hydrogens (tertiary/aromatic N) is 1. The molecule has 1 N–H and O–H groups in total. The minimum atomic E-state index is 0.795. The number of piperidine rings is 1. The van der Waals surface area contributed by atoms with E-state index < -0.39 is 0 Å². The maximum Gasteiger partial charge on any atom is 0.0208 e. The Hall–Kier alpha value is -0.860. The second kappa shape index (κ2) is 6.91. The Morgan fingerprint density at radius 2 is 2.11 bits per heavy atom. The molecule has 0 saturated carbocycles. The molecule has 1 aromatic rings. The summed E-state index contributed by atoms with van der Waals surface area (Å²) in [6.45, 7) is 5.60. The first-order valence-corrected chi connectivity index (χ1v) is 7.23. The molecule has 1 heterocycles. The van der Waals surface area contributed by atoms with E-state index >= 15 is 0 Å². The van der Waals surface area contributed by atoms with Crippen LogP contribution in [0.4, 0.5) is 0 Å². The van der Waals surface area contributed by atoms with Gasteiger partial charge in [0.05, 0.1) is 0 Å². The zero-order valence-corrected chi connectivity index (χ0v) is 11.8. The summed E-state index contributed by atoms with van der Waals surface area (Å²) in [7, 11) is 2.27. The van der Waals surface area contributed by atoms with Crippen molar-refractivity contribution in [3.8, 4) is 0 Å². The Bertz CT molecular complexity index is 362. The molecule has 1 aliphatic heterocycles. The van der Waals surface area contributed by atoms with E-state index in [9.17, 15) is 0 Å². The normalized spacial score (nSPS) is 21.1. The van der Waals surface area contributed by atoms with Crippen LogP contribution in [0.5, 0.6) is 0 Å². The van der Waals surface area contributed by atoms with Gasteiger partial charge < -0.3 is 10.2 Å². The third-order valence-corrected chi connectivity index (χ3v) is 4.15. The van der Waals surface area contributed by atoms with Crippen LogP contribution in [0.2, 0.25) is 0 Å². The van der Waals surface area contributed by atoms with Crippen LogP contribution in [0.25, 0.3) is 0 Å². The smallest absolute Gasteiger partial charge is 0.0208 e. The number of rotatable bonds is 5. The van der Waals surface area contributed by atoms with Crippen molar-refractivity contribution in [3.05, 3.63) is 35.4 Å². The van der Waals surface area contributed by atoms with Crippen LogP contribution in [0.1, 0.15) is 36.8 Å². The first-order chi connectivity index (χ1) is 8.77. The summed E-state index contributed by atoms with van der Waals surface area (Å²) in [6, 6.07) is 9.43. The maximum atomic E-state index is 3.58. The minimum Gasteiger partial charge on any atom is -0.313 e. The second-order valence-corrected chi connectivity index (χ2v) is 5.52. The molecule has 100 valence electrons. The Balaban J connectivity index is 1.68. The number of benzene rings is 1. The van der Waals surface area contributed by atoms with E-state index in [0.29, 0.717) is 0 Å². The molecule has 1 unspecified atom stereocenters. The lowest BCUT2D eigenvalue weighted by molar-refractivity contribution is 0.175. The van der Waals surface area contributed by atoms with E-state index in [2.05, 4.69) is 48.5 Å². The molecule has 1 aromatic carbocycles. The van der Waals surface area contributed by atoms with E-state index in [-0.39, 0.29) is 0 Å². The molecule has 0 bridgehead atoms. The molecule has 1 fully saturated rings. The van der Waals surface area contributed by atoms with E-state index in [1.807, 2.05) is 0 Å². The van der Waals surface area contributed by atoms with Crippen molar-refractivity contribution in [3.63, 3.8) is 0 Å². The molecule has 0 aliphatic carbocycles. The van der Waals surface area contributed by atoms with Crippen LogP contribution in [-0.4, -0.2) is 31.1 Å². The zero-order valence-electron chi connectivity index (χ0n) is 11.8. The molecule has 0 aromatic heterocycles. The van der Waals surface area contributed by atoms with Gasteiger partial charge in [0, 0.05) is 12.6 Å². The topological polar surface area (TPSA) is 15.3 Å². The molecule has 1 atom stereocenters. The Morgan fingerprint density at radius 3 is 2.89 bits per heavy atom. The van der Waals surface area contributed by atoms with Crippen molar-refractivity contribution in [2.75, 3.05) is 20.1 Å². The predicted octanol–water partition coefficient (Wildman–Crippen LogP) is 2.96. The number of aryl methyl sites for hydroxylation is 1. The van der Waals surface area contributed by atoms with Crippen molar-refractivity contribution in [1.82, 2.24) is 10.2 Å². The highest BCUT2D eigenvalue weighted by molar-refractivity contribution is 5.25. The highest BCUT2D eigenvalue weighted by Gasteiger charge is 2.17. The fraction of sp³-hybridized carbons (Fsp3) is 0.625. The van der Waals surface area contributed by atoms with Gasteiger partial charge >= 0.3 is 0 Å². The molecular formula is C16H26N2. The van der Waals surface area contributed by atoms with Crippen LogP contribution >= 0.6 is 0 Å². The number of likely N-dealkylation sites (tertiary alicyclic amines) is 1. The molecule has 0 spiro atoms. The number of nitrogens with one attached hydrogen (secondary N) is 1. The van der Waals surface area contributed by atoms with E-state index in [0.717, 1.165) is 19.1 Å². The molecule has 1 aliphatic rings. The second-order valence-electron chi connectivity index (χ2n) is 5.52. The molecule has 2 rings (SSSR count). The fourth-order valence-corrected chi connectivity index (χ4v) is 2.81. The lowest BCUT2D eigenvalue weighted by atomic mass is 10.00. The van der Waals surface area contributed by atoms with Crippen molar-refractivity contribution < 1.29 is 0 Å². The minimum absolute atomic E-state index is 0.795. The van der Waals surface area contributed by atoms with Crippen LogP contribution < -0.4 is 5.32 Å². The van der Waals surface area contributed by atoms with Crippen LogP contribution in [0.3, 0.4) is 0 Å². The van der Waals surface area contributed by atoms with E-state index in [1.54, 1.807) is 0 Å². The summed E-state index contributed by atoms with van der Waals surface area (Å²) in [4.78, 5) is 2.53. The number of hydrogen-bond donors (Lipinski definition) is 1. The summed E-state index contributed by atoms with van der Waals surface area (Å²) in [5.74, 6) is 0. The summed E-state index contributed by atoms with van der Waals surface area (Å²) >= 11 is 0. The van der Waals surface area contributed by atoms with Crippen molar-refractivity contribution in [2.45, 2.75) is 45.2 Å². The standard InChI is InChI=1S/C16H26N2/c1-14-7-3-4-8-15(14)13-17-11-10-16-9-5-6-12-18(16)2/h3-4,7-8,16-17H,5-6,9-13H2,1-2H3. The fourth-order valence-electron chi connectivity index (χ4n) is 2.81. The average Bonchev–Trinajstić information content (AvgIpc) is 2.38. The van der Waals surface area contributed by atoms with Gasteiger partial charge in [0.15, 0.2) is 0 Å². The summed E-state index contributed by atoms with van der Waals surface area (Å²) < 4.78 is 0. The summed E-state index contributed by atoms with van der Waals surface area (Å²) in [6.07, 6.45) is 5.45. The van der Waals surface area contributed by atoms with E-state index in [4.69, 9.17) is 0 Å². The lowest BCUT2D eigenvalue weighted by Gasteiger charge is -2.32. The highest BCUT2D eigenvalue weighted by atomic mass is 15.1. The van der Waals surface area contributed by atoms with Gasteiger partial charge in [0.25, 0.3) is 0 Å². The Morgan fingerprint density at radius 1 is 1.28 bits per heavy atom. The largest absolute Gasteiger partial charge is 0.313 e. The van der Waals surface area contributed by atoms with Crippen LogP contribution in [0.15, 0.2) is 24.3 Å². The lowest BCUT2D eigenvalue weighted by Crippen LogP contribution is -2.38. The van der Waals surface area contributed by atoms with Gasteiger partial charge in [-0.15, -0.1) is 0 Å². The summed E-state index contributed by atoms with van der Waals surface area (Å²) in [5, 5.41) is 3.58. The van der Waals surface area contributed by atoms with Gasteiger partial charge in [-0.1, -0.05) is 30.7 Å². The van der Waals surface area contributed by atoms with Crippen molar-refractivity contribution >= 4 is 0 Å². The first-order valence-electron chi connectivity index (χ1n) is 7.23. The molecule has 2 heteroatoms. The van der Waals surface area contributed by atoms with Gasteiger partial charge in [-0.25, -0.2) is 0 Å². The third-order valence-electron chi connectivity index (χ3n) is 4.15.